The maximum atomic E-state index is 11.6. The van der Waals surface area contributed by atoms with E-state index < -0.39 is 0 Å². The molecule has 0 aliphatic carbocycles. The van der Waals surface area contributed by atoms with E-state index in [-0.39, 0.29) is 5.97 Å². The second-order valence-corrected chi connectivity index (χ2v) is 7.75. The van der Waals surface area contributed by atoms with E-state index >= 15 is 0 Å². The summed E-state index contributed by atoms with van der Waals surface area (Å²) in [4.78, 5) is 12.7. The highest BCUT2D eigenvalue weighted by Crippen LogP contribution is 2.10. The largest absolute Gasteiger partial charge is 0.460 e. The number of unbranched alkanes of at least 4 members (excludes halogenated alkanes) is 4. The van der Waals surface area contributed by atoms with Gasteiger partial charge in [0.15, 0.2) is 0 Å². The van der Waals surface area contributed by atoms with E-state index in [1.165, 1.54) is 25.7 Å². The Morgan fingerprint density at radius 1 is 0.893 bits per heavy atom. The molecular formula is C25H36O2S. The summed E-state index contributed by atoms with van der Waals surface area (Å²) in [5, 5.41) is 1.99. The van der Waals surface area contributed by atoms with Gasteiger partial charge < -0.3 is 4.74 Å². The Morgan fingerprint density at radius 2 is 1.50 bits per heavy atom. The zero-order chi connectivity index (χ0) is 20.1. The van der Waals surface area contributed by atoms with Crippen molar-refractivity contribution in [1.82, 2.24) is 0 Å². The molecule has 3 heteroatoms. The molecule has 154 valence electrons. The van der Waals surface area contributed by atoms with Crippen molar-refractivity contribution in [3.63, 3.8) is 0 Å². The summed E-state index contributed by atoms with van der Waals surface area (Å²) in [6.07, 6.45) is 28.1. The summed E-state index contributed by atoms with van der Waals surface area (Å²) in [5.74, 6) is -0.107. The van der Waals surface area contributed by atoms with Crippen LogP contribution in [-0.2, 0) is 16.1 Å². The van der Waals surface area contributed by atoms with Gasteiger partial charge in [-0.25, -0.2) is 0 Å². The van der Waals surface area contributed by atoms with Crippen LogP contribution in [0.4, 0.5) is 0 Å². The molecule has 0 fully saturated rings. The summed E-state index contributed by atoms with van der Waals surface area (Å²) >= 11 is 1.61. The van der Waals surface area contributed by atoms with Gasteiger partial charge in [0.1, 0.15) is 6.61 Å². The predicted molar refractivity (Wildman–Crippen MR) is 123 cm³/mol. The highest BCUT2D eigenvalue weighted by Gasteiger charge is 2.02. The van der Waals surface area contributed by atoms with Gasteiger partial charge in [-0.2, -0.15) is 0 Å². The first-order valence-electron chi connectivity index (χ1n) is 10.6. The van der Waals surface area contributed by atoms with Crippen LogP contribution in [0, 0.1) is 0 Å². The van der Waals surface area contributed by atoms with Crippen molar-refractivity contribution in [1.29, 1.82) is 0 Å². The summed E-state index contributed by atoms with van der Waals surface area (Å²) in [7, 11) is 0. The molecule has 0 atom stereocenters. The van der Waals surface area contributed by atoms with Crippen LogP contribution >= 0.6 is 11.3 Å². The molecule has 0 saturated heterocycles. The zero-order valence-electron chi connectivity index (χ0n) is 17.4. The summed E-state index contributed by atoms with van der Waals surface area (Å²) in [6.45, 7) is 2.64. The number of hydrogen-bond donors (Lipinski definition) is 0. The molecule has 1 aromatic rings. The Morgan fingerprint density at radius 3 is 2.07 bits per heavy atom. The fourth-order valence-corrected chi connectivity index (χ4v) is 3.16. The molecule has 0 amide bonds. The topological polar surface area (TPSA) is 26.3 Å². The van der Waals surface area contributed by atoms with Gasteiger partial charge in [-0.15, -0.1) is 11.3 Å². The van der Waals surface area contributed by atoms with Crippen molar-refractivity contribution in [2.24, 2.45) is 0 Å². The van der Waals surface area contributed by atoms with Crippen molar-refractivity contribution in [3.05, 3.63) is 71.0 Å². The lowest BCUT2D eigenvalue weighted by atomic mass is 10.2. The Labute approximate surface area is 175 Å². The van der Waals surface area contributed by atoms with Gasteiger partial charge in [0.25, 0.3) is 0 Å². The number of esters is 1. The van der Waals surface area contributed by atoms with Crippen LogP contribution in [0.2, 0.25) is 0 Å². The smallest absolute Gasteiger partial charge is 0.306 e. The number of thiophene rings is 1. The van der Waals surface area contributed by atoms with E-state index in [1.54, 1.807) is 11.3 Å². The summed E-state index contributed by atoms with van der Waals surface area (Å²) < 4.78 is 5.24. The van der Waals surface area contributed by atoms with Crippen molar-refractivity contribution < 1.29 is 9.53 Å². The number of rotatable bonds is 16. The first-order chi connectivity index (χ1) is 13.8. The van der Waals surface area contributed by atoms with Gasteiger partial charge in [-0.1, -0.05) is 74.4 Å². The van der Waals surface area contributed by atoms with Crippen molar-refractivity contribution in [3.8, 4) is 0 Å². The van der Waals surface area contributed by atoms with Gasteiger partial charge in [0, 0.05) is 11.3 Å². The lowest BCUT2D eigenvalue weighted by Crippen LogP contribution is -2.03. The fourth-order valence-electron chi connectivity index (χ4n) is 2.54. The lowest BCUT2D eigenvalue weighted by molar-refractivity contribution is -0.144. The number of hydrogen-bond acceptors (Lipinski definition) is 3. The molecule has 0 radical (unpaired) electrons. The molecule has 0 N–H and O–H groups in total. The van der Waals surface area contributed by atoms with Crippen LogP contribution in [0.25, 0.3) is 0 Å². The third kappa shape index (κ3) is 15.2. The van der Waals surface area contributed by atoms with Crippen LogP contribution in [-0.4, -0.2) is 5.97 Å². The standard InChI is InChI=1S/C25H36O2S/c1-2-3-4-5-6-7-8-9-10-11-12-13-14-15-16-17-18-21-25(26)27-23-24-20-19-22-28-24/h6-7,9-10,12-13,15-16,19-20,22H,2-5,8,11,14,17-18,21,23H2,1H3/b7-6-,10-9-,13-12-,16-15-. The normalized spacial score (nSPS) is 12.2. The quantitative estimate of drug-likeness (QED) is 0.160. The minimum Gasteiger partial charge on any atom is -0.460 e. The van der Waals surface area contributed by atoms with E-state index in [4.69, 9.17) is 4.74 Å². The average molecular weight is 401 g/mol. The molecule has 2 nitrogen and oxygen atoms in total. The van der Waals surface area contributed by atoms with Crippen molar-refractivity contribution >= 4 is 17.3 Å². The molecule has 1 heterocycles. The van der Waals surface area contributed by atoms with Crippen LogP contribution in [0.15, 0.2) is 66.1 Å². The second-order valence-electron chi connectivity index (χ2n) is 6.72. The van der Waals surface area contributed by atoms with Crippen LogP contribution < -0.4 is 0 Å². The van der Waals surface area contributed by atoms with E-state index in [0.717, 1.165) is 37.0 Å². The molecule has 0 bridgehead atoms. The maximum absolute atomic E-state index is 11.6. The summed E-state index contributed by atoms with van der Waals surface area (Å²) in [5.41, 5.74) is 0. The molecule has 0 saturated carbocycles. The number of carbonyl (C=O) groups is 1. The van der Waals surface area contributed by atoms with Gasteiger partial charge >= 0.3 is 5.97 Å². The highest BCUT2D eigenvalue weighted by molar-refractivity contribution is 7.09. The van der Waals surface area contributed by atoms with Crippen molar-refractivity contribution in [2.75, 3.05) is 0 Å². The number of ether oxygens (including phenoxy) is 1. The third-order valence-corrected chi connectivity index (χ3v) is 5.01. The second kappa shape index (κ2) is 18.5. The Hall–Kier alpha value is -1.87. The molecule has 0 unspecified atom stereocenters. The van der Waals surface area contributed by atoms with E-state index in [2.05, 4.69) is 55.5 Å². The molecule has 0 aliphatic rings. The fraction of sp³-hybridized carbons (Fsp3) is 0.480. The average Bonchev–Trinajstić information content (AvgIpc) is 3.22. The Balaban J connectivity index is 1.91. The number of carbonyl (C=O) groups excluding carboxylic acids is 1. The Bertz CT molecular complexity index is 594. The lowest BCUT2D eigenvalue weighted by Gasteiger charge is -2.01. The minimum absolute atomic E-state index is 0.107. The zero-order valence-corrected chi connectivity index (χ0v) is 18.2. The van der Waals surface area contributed by atoms with Gasteiger partial charge in [-0.3, -0.25) is 4.79 Å². The van der Waals surface area contributed by atoms with Gasteiger partial charge in [-0.05, 0) is 56.4 Å². The highest BCUT2D eigenvalue weighted by atomic mass is 32.1. The van der Waals surface area contributed by atoms with E-state index in [9.17, 15) is 4.79 Å². The Kier molecular flexibility index (Phi) is 16.0. The minimum atomic E-state index is -0.107. The van der Waals surface area contributed by atoms with Crippen LogP contribution in [0.3, 0.4) is 0 Å². The van der Waals surface area contributed by atoms with E-state index in [0.29, 0.717) is 13.0 Å². The number of allylic oxidation sites excluding steroid dienone is 8. The van der Waals surface area contributed by atoms with Crippen molar-refractivity contribution in [2.45, 2.75) is 77.7 Å². The third-order valence-electron chi connectivity index (χ3n) is 4.16. The molecule has 28 heavy (non-hydrogen) atoms. The predicted octanol–water partition coefficient (Wildman–Crippen LogP) is 7.94. The van der Waals surface area contributed by atoms with Gasteiger partial charge in [0.2, 0.25) is 0 Å². The summed E-state index contributed by atoms with van der Waals surface area (Å²) in [6, 6.07) is 3.95. The van der Waals surface area contributed by atoms with Crippen LogP contribution in [0.1, 0.15) is 76.0 Å². The molecule has 0 aliphatic heterocycles. The molecular weight excluding hydrogens is 364 g/mol. The first kappa shape index (κ1) is 24.2. The first-order valence-corrected chi connectivity index (χ1v) is 11.5. The molecule has 0 aromatic carbocycles. The van der Waals surface area contributed by atoms with Gasteiger partial charge in [0.05, 0.1) is 0 Å². The monoisotopic (exact) mass is 400 g/mol. The molecule has 0 spiro atoms. The molecule has 1 rings (SSSR count). The van der Waals surface area contributed by atoms with Crippen LogP contribution in [0.5, 0.6) is 0 Å². The SMILES string of the molecule is CCCCC/C=C\C/C=C\C/C=C\C/C=C\CCCC(=O)OCc1cccs1. The maximum Gasteiger partial charge on any atom is 0.306 e. The molecule has 1 aromatic heterocycles. The van der Waals surface area contributed by atoms with E-state index in [1.807, 2.05) is 17.5 Å².